The van der Waals surface area contributed by atoms with Crippen LogP contribution in [0.15, 0.2) is 5.38 Å². The molecule has 0 aliphatic heterocycles. The largest absolute Gasteiger partial charge is 0.481 e. The van der Waals surface area contributed by atoms with Gasteiger partial charge in [0.05, 0.1) is 10.7 Å². The van der Waals surface area contributed by atoms with Crippen LogP contribution in [0.5, 0.6) is 0 Å². The zero-order valence-corrected chi connectivity index (χ0v) is 12.2. The van der Waals surface area contributed by atoms with Gasteiger partial charge in [-0.1, -0.05) is 0 Å². The molecule has 0 aromatic carbocycles. The van der Waals surface area contributed by atoms with Crippen LogP contribution in [0.25, 0.3) is 0 Å². The van der Waals surface area contributed by atoms with Gasteiger partial charge in [0, 0.05) is 31.8 Å². The highest BCUT2D eigenvalue weighted by molar-refractivity contribution is 7.09. The Bertz CT molecular complexity index is 431. The van der Waals surface area contributed by atoms with Crippen molar-refractivity contribution in [2.24, 2.45) is 0 Å². The maximum absolute atomic E-state index is 11.8. The molecule has 1 N–H and O–H groups in total. The predicted octanol–water partition coefficient (Wildman–Crippen LogP) is 2.10. The molecule has 0 spiro atoms. The highest BCUT2D eigenvalue weighted by Crippen LogP contribution is 2.11. The summed E-state index contributed by atoms with van der Waals surface area (Å²) in [6.07, 6.45) is 2.70. The molecule has 6 heteroatoms. The summed E-state index contributed by atoms with van der Waals surface area (Å²) in [5.74, 6) is -0.753. The topological polar surface area (TPSA) is 70.5 Å². The fourth-order valence-electron chi connectivity index (χ4n) is 1.73. The van der Waals surface area contributed by atoms with Crippen LogP contribution in [0.3, 0.4) is 0 Å². The minimum Gasteiger partial charge on any atom is -0.481 e. The van der Waals surface area contributed by atoms with Crippen molar-refractivity contribution in [1.82, 2.24) is 9.88 Å². The third-order valence-corrected chi connectivity index (χ3v) is 3.62. The van der Waals surface area contributed by atoms with E-state index in [1.807, 2.05) is 12.3 Å². The Labute approximate surface area is 117 Å². The molecule has 5 nitrogen and oxygen atoms in total. The van der Waals surface area contributed by atoms with Crippen LogP contribution in [0.1, 0.15) is 36.4 Å². The van der Waals surface area contributed by atoms with Crippen molar-refractivity contribution in [3.05, 3.63) is 16.1 Å². The molecule has 1 rings (SSSR count). The molecule has 0 atom stereocenters. The summed E-state index contributed by atoms with van der Waals surface area (Å²) in [5, 5.41) is 11.6. The Balaban J connectivity index is 2.17. The predicted molar refractivity (Wildman–Crippen MR) is 74.3 cm³/mol. The zero-order valence-electron chi connectivity index (χ0n) is 11.4. The maximum atomic E-state index is 11.8. The molecule has 1 amide bonds. The number of amides is 1. The minimum absolute atomic E-state index is 0.0670. The zero-order chi connectivity index (χ0) is 14.3. The van der Waals surface area contributed by atoms with Crippen molar-refractivity contribution in [2.75, 3.05) is 13.6 Å². The van der Waals surface area contributed by atoms with E-state index in [9.17, 15) is 9.59 Å². The summed E-state index contributed by atoms with van der Waals surface area (Å²) in [6.45, 7) is 2.47. The van der Waals surface area contributed by atoms with E-state index in [4.69, 9.17) is 5.11 Å². The molecule has 0 unspecified atom stereocenters. The monoisotopic (exact) mass is 284 g/mol. The van der Waals surface area contributed by atoms with E-state index in [-0.39, 0.29) is 12.3 Å². The van der Waals surface area contributed by atoms with E-state index < -0.39 is 5.97 Å². The molecule has 106 valence electrons. The van der Waals surface area contributed by atoms with Crippen molar-refractivity contribution in [3.63, 3.8) is 0 Å². The van der Waals surface area contributed by atoms with Crippen molar-refractivity contribution < 1.29 is 14.7 Å². The summed E-state index contributed by atoms with van der Waals surface area (Å²) in [5.41, 5.74) is 1.05. The molecule has 0 saturated heterocycles. The van der Waals surface area contributed by atoms with Crippen LogP contribution >= 0.6 is 11.3 Å². The van der Waals surface area contributed by atoms with E-state index in [0.717, 1.165) is 23.5 Å². The summed E-state index contributed by atoms with van der Waals surface area (Å²) >= 11 is 1.62. The second kappa shape index (κ2) is 7.89. The van der Waals surface area contributed by atoms with E-state index >= 15 is 0 Å². The Morgan fingerprint density at radius 2 is 2.11 bits per heavy atom. The standard InChI is InChI=1S/C13H20N2O3S/c1-10-14-11(9-19-10)5-3-6-12(16)15(2)8-4-7-13(17)18/h9H,3-8H2,1-2H3,(H,17,18). The van der Waals surface area contributed by atoms with Crippen LogP contribution in [0, 0.1) is 6.92 Å². The van der Waals surface area contributed by atoms with Gasteiger partial charge in [0.15, 0.2) is 0 Å². The van der Waals surface area contributed by atoms with Crippen LogP contribution < -0.4 is 0 Å². The van der Waals surface area contributed by atoms with Gasteiger partial charge in [0.1, 0.15) is 0 Å². The number of aromatic nitrogens is 1. The molecule has 1 aromatic heterocycles. The number of rotatable bonds is 8. The van der Waals surface area contributed by atoms with E-state index in [0.29, 0.717) is 19.4 Å². The van der Waals surface area contributed by atoms with Crippen molar-refractivity contribution in [1.29, 1.82) is 0 Å². The Morgan fingerprint density at radius 3 is 2.68 bits per heavy atom. The first-order valence-corrected chi connectivity index (χ1v) is 7.23. The second-order valence-electron chi connectivity index (χ2n) is 4.52. The van der Waals surface area contributed by atoms with Gasteiger partial charge in [-0.2, -0.15) is 0 Å². The molecular formula is C13H20N2O3S. The average Bonchev–Trinajstić information content (AvgIpc) is 2.74. The van der Waals surface area contributed by atoms with Crippen LogP contribution in [-0.2, 0) is 16.0 Å². The smallest absolute Gasteiger partial charge is 0.303 e. The van der Waals surface area contributed by atoms with Gasteiger partial charge in [0.2, 0.25) is 5.91 Å². The normalized spacial score (nSPS) is 10.4. The number of carbonyl (C=O) groups excluding carboxylic acids is 1. The third-order valence-electron chi connectivity index (χ3n) is 2.80. The number of hydrogen-bond donors (Lipinski definition) is 1. The molecule has 0 aliphatic carbocycles. The van der Waals surface area contributed by atoms with Crippen molar-refractivity contribution in [2.45, 2.75) is 39.0 Å². The van der Waals surface area contributed by atoms with Crippen LogP contribution in [-0.4, -0.2) is 40.5 Å². The number of nitrogens with zero attached hydrogens (tertiary/aromatic N) is 2. The first-order valence-electron chi connectivity index (χ1n) is 6.36. The fraction of sp³-hybridized carbons (Fsp3) is 0.615. The van der Waals surface area contributed by atoms with Crippen LogP contribution in [0.2, 0.25) is 0 Å². The number of aliphatic carboxylic acids is 1. The lowest BCUT2D eigenvalue weighted by Crippen LogP contribution is -2.27. The Kier molecular flexibility index (Phi) is 6.49. The lowest BCUT2D eigenvalue weighted by atomic mass is 10.2. The van der Waals surface area contributed by atoms with Gasteiger partial charge in [0.25, 0.3) is 0 Å². The van der Waals surface area contributed by atoms with Gasteiger partial charge in [-0.15, -0.1) is 11.3 Å². The van der Waals surface area contributed by atoms with E-state index in [1.54, 1.807) is 23.3 Å². The van der Waals surface area contributed by atoms with Crippen LogP contribution in [0.4, 0.5) is 0 Å². The molecule has 19 heavy (non-hydrogen) atoms. The number of carbonyl (C=O) groups is 2. The van der Waals surface area contributed by atoms with E-state index in [2.05, 4.69) is 4.98 Å². The molecule has 0 saturated carbocycles. The fourth-order valence-corrected chi connectivity index (χ4v) is 2.37. The molecule has 0 fully saturated rings. The molecule has 0 bridgehead atoms. The number of thiazole rings is 1. The molecule has 1 aromatic rings. The average molecular weight is 284 g/mol. The third kappa shape index (κ3) is 6.33. The Hall–Kier alpha value is -1.43. The summed E-state index contributed by atoms with van der Waals surface area (Å²) in [4.78, 5) is 28.1. The number of carboxylic acid groups (broad SMARTS) is 1. The van der Waals surface area contributed by atoms with Gasteiger partial charge in [-0.05, 0) is 26.2 Å². The highest BCUT2D eigenvalue weighted by atomic mass is 32.1. The maximum Gasteiger partial charge on any atom is 0.303 e. The van der Waals surface area contributed by atoms with Gasteiger partial charge < -0.3 is 10.0 Å². The molecule has 0 radical (unpaired) electrons. The van der Waals surface area contributed by atoms with E-state index in [1.165, 1.54) is 0 Å². The lowest BCUT2D eigenvalue weighted by Gasteiger charge is -2.16. The lowest BCUT2D eigenvalue weighted by molar-refractivity contribution is -0.138. The summed E-state index contributed by atoms with van der Waals surface area (Å²) in [7, 11) is 1.72. The van der Waals surface area contributed by atoms with Gasteiger partial charge in [-0.25, -0.2) is 4.98 Å². The molecule has 1 heterocycles. The first kappa shape index (κ1) is 15.6. The molecule has 0 aliphatic rings. The van der Waals surface area contributed by atoms with Crippen molar-refractivity contribution in [3.8, 4) is 0 Å². The first-order chi connectivity index (χ1) is 8.99. The number of aryl methyl sites for hydroxylation is 2. The SMILES string of the molecule is Cc1nc(CCCC(=O)N(C)CCCC(=O)O)cs1. The summed E-state index contributed by atoms with van der Waals surface area (Å²) in [6, 6.07) is 0. The molecular weight excluding hydrogens is 264 g/mol. The highest BCUT2D eigenvalue weighted by Gasteiger charge is 2.09. The van der Waals surface area contributed by atoms with Gasteiger partial charge in [-0.3, -0.25) is 9.59 Å². The quantitative estimate of drug-likeness (QED) is 0.793. The number of hydrogen-bond acceptors (Lipinski definition) is 4. The summed E-state index contributed by atoms with van der Waals surface area (Å²) < 4.78 is 0. The Morgan fingerprint density at radius 1 is 1.37 bits per heavy atom. The second-order valence-corrected chi connectivity index (χ2v) is 5.59. The number of carboxylic acids is 1. The van der Waals surface area contributed by atoms with Gasteiger partial charge >= 0.3 is 5.97 Å². The minimum atomic E-state index is -0.820. The van der Waals surface area contributed by atoms with Crippen molar-refractivity contribution >= 4 is 23.2 Å².